The molecule has 4 heteroatoms. The number of nitrogens with zero attached hydrogens (tertiary/aromatic N) is 2. The quantitative estimate of drug-likeness (QED) is 0.687. The third-order valence-electron chi connectivity index (χ3n) is 2.90. The number of carbonyl (C=O) groups is 1. The van der Waals surface area contributed by atoms with Gasteiger partial charge in [0, 0.05) is 18.7 Å². The van der Waals surface area contributed by atoms with Gasteiger partial charge in [-0.3, -0.25) is 13.9 Å². The second-order valence-corrected chi connectivity index (χ2v) is 4.02. The molecule has 0 aliphatic carbocycles. The van der Waals surface area contributed by atoms with Crippen LogP contribution < -0.4 is 0 Å². The summed E-state index contributed by atoms with van der Waals surface area (Å²) in [5, 5.41) is 4.44. The smallest absolute Gasteiger partial charge is 0.166 e. The zero-order valence-electron chi connectivity index (χ0n) is 10.9. The average Bonchev–Trinajstić information content (AvgIpc) is 2.72. The largest absolute Gasteiger partial charge is 0.294 e. The Hall–Kier alpha value is -1.19. The van der Waals surface area contributed by atoms with Crippen molar-refractivity contribution >= 4 is 5.78 Å². The van der Waals surface area contributed by atoms with Gasteiger partial charge in [-0.1, -0.05) is 20.8 Å². The highest BCUT2D eigenvalue weighted by Gasteiger charge is 2.19. The summed E-state index contributed by atoms with van der Waals surface area (Å²) in [5.74, 6) is 0.144. The maximum absolute atomic E-state index is 12.2. The first-order valence-corrected chi connectivity index (χ1v) is 6.37. The maximum atomic E-state index is 12.2. The molecule has 0 aliphatic heterocycles. The predicted octanol–water partition coefficient (Wildman–Crippen LogP) is 2.96. The lowest BCUT2D eigenvalue weighted by atomic mass is 10.0. The maximum Gasteiger partial charge on any atom is 0.166 e. The first-order valence-electron chi connectivity index (χ1n) is 6.37. The molecule has 0 atom stereocenters. The van der Waals surface area contributed by atoms with E-state index in [0.717, 1.165) is 29.8 Å². The van der Waals surface area contributed by atoms with Crippen molar-refractivity contribution in [2.75, 3.05) is 6.67 Å². The van der Waals surface area contributed by atoms with Crippen molar-refractivity contribution in [2.45, 2.75) is 53.0 Å². The van der Waals surface area contributed by atoms with Gasteiger partial charge in [0.1, 0.15) is 0 Å². The van der Waals surface area contributed by atoms with Gasteiger partial charge in [0.2, 0.25) is 0 Å². The Kier molecular flexibility index (Phi) is 5.32. The van der Waals surface area contributed by atoms with E-state index >= 15 is 0 Å². The zero-order chi connectivity index (χ0) is 12.8. The summed E-state index contributed by atoms with van der Waals surface area (Å²) in [4.78, 5) is 11.9. The van der Waals surface area contributed by atoms with E-state index in [0.29, 0.717) is 19.4 Å². The number of ketones is 1. The Bertz CT molecular complexity index is 385. The molecule has 1 aromatic heterocycles. The van der Waals surface area contributed by atoms with E-state index in [-0.39, 0.29) is 12.5 Å². The molecule has 0 aliphatic rings. The van der Waals surface area contributed by atoms with E-state index in [2.05, 4.69) is 5.10 Å². The monoisotopic (exact) mass is 240 g/mol. The lowest BCUT2D eigenvalue weighted by Crippen LogP contribution is -2.08. The molecule has 17 heavy (non-hydrogen) atoms. The van der Waals surface area contributed by atoms with Crippen LogP contribution in [0.2, 0.25) is 0 Å². The van der Waals surface area contributed by atoms with E-state index in [1.165, 1.54) is 0 Å². The molecule has 0 unspecified atom stereocenters. The van der Waals surface area contributed by atoms with Gasteiger partial charge in [0.05, 0.1) is 17.9 Å². The Morgan fingerprint density at radius 2 is 2.00 bits per heavy atom. The number of hydrogen-bond acceptors (Lipinski definition) is 2. The van der Waals surface area contributed by atoms with Crippen LogP contribution in [0.15, 0.2) is 0 Å². The third-order valence-corrected chi connectivity index (χ3v) is 2.90. The minimum absolute atomic E-state index is 0.144. The van der Waals surface area contributed by atoms with Crippen LogP contribution in [0.4, 0.5) is 4.39 Å². The number of halogens is 1. The number of carbonyl (C=O) groups excluding carboxylic acids is 1. The molecule has 0 radical (unpaired) electrons. The minimum Gasteiger partial charge on any atom is -0.294 e. The predicted molar refractivity (Wildman–Crippen MR) is 66.2 cm³/mol. The highest BCUT2D eigenvalue weighted by Crippen LogP contribution is 2.18. The number of Topliss-reactive ketones (excluding diaryl/α,β-unsaturated/α-hetero) is 1. The summed E-state index contributed by atoms with van der Waals surface area (Å²) in [6.07, 6.45) is 2.46. The van der Waals surface area contributed by atoms with E-state index in [1.807, 2.05) is 20.8 Å². The van der Waals surface area contributed by atoms with Gasteiger partial charge in [0.15, 0.2) is 5.78 Å². The lowest BCUT2D eigenvalue weighted by Gasteiger charge is -2.05. The summed E-state index contributed by atoms with van der Waals surface area (Å²) in [7, 11) is 0. The molecule has 0 bridgehead atoms. The van der Waals surface area contributed by atoms with E-state index in [9.17, 15) is 9.18 Å². The standard InChI is InChI=1S/C13H21FN2O/c1-4-10-13(12(17)6-3)11(5-2)16(15-10)9-7-8-14/h4-9H2,1-3H3. The molecule has 96 valence electrons. The fraction of sp³-hybridized carbons (Fsp3) is 0.692. The van der Waals surface area contributed by atoms with Crippen LogP contribution in [0.3, 0.4) is 0 Å². The van der Waals surface area contributed by atoms with Gasteiger partial charge >= 0.3 is 0 Å². The van der Waals surface area contributed by atoms with Crippen molar-refractivity contribution in [3.63, 3.8) is 0 Å². The van der Waals surface area contributed by atoms with Crippen LogP contribution in [0.25, 0.3) is 0 Å². The minimum atomic E-state index is -0.346. The van der Waals surface area contributed by atoms with Crippen LogP contribution in [0.1, 0.15) is 55.4 Å². The molecular formula is C13H21FN2O. The Balaban J connectivity index is 3.15. The Labute approximate surface area is 102 Å². The highest BCUT2D eigenvalue weighted by atomic mass is 19.1. The Morgan fingerprint density at radius 1 is 1.29 bits per heavy atom. The van der Waals surface area contributed by atoms with Crippen LogP contribution in [-0.2, 0) is 19.4 Å². The van der Waals surface area contributed by atoms with Crippen molar-refractivity contribution in [1.29, 1.82) is 0 Å². The number of rotatable bonds is 7. The van der Waals surface area contributed by atoms with Gasteiger partial charge in [-0.15, -0.1) is 0 Å². The third kappa shape index (κ3) is 2.93. The lowest BCUT2D eigenvalue weighted by molar-refractivity contribution is 0.0986. The summed E-state index contributed by atoms with van der Waals surface area (Å²) >= 11 is 0. The van der Waals surface area contributed by atoms with Gasteiger partial charge < -0.3 is 0 Å². The number of alkyl halides is 1. The second kappa shape index (κ2) is 6.52. The molecule has 0 fully saturated rings. The summed E-state index contributed by atoms with van der Waals surface area (Å²) in [6, 6.07) is 0. The zero-order valence-corrected chi connectivity index (χ0v) is 10.9. The van der Waals surface area contributed by atoms with Crippen molar-refractivity contribution in [2.24, 2.45) is 0 Å². The number of aromatic nitrogens is 2. The molecule has 1 rings (SSSR count). The molecule has 0 spiro atoms. The van der Waals surface area contributed by atoms with E-state index in [1.54, 1.807) is 4.68 Å². The molecule has 3 nitrogen and oxygen atoms in total. The summed E-state index contributed by atoms with van der Waals surface area (Å²) in [5.41, 5.74) is 2.59. The second-order valence-electron chi connectivity index (χ2n) is 4.02. The van der Waals surface area contributed by atoms with Crippen LogP contribution in [0, 0.1) is 0 Å². The number of hydrogen-bond donors (Lipinski definition) is 0. The van der Waals surface area contributed by atoms with Crippen LogP contribution in [0.5, 0.6) is 0 Å². The fourth-order valence-electron chi connectivity index (χ4n) is 2.05. The molecule has 0 N–H and O–H groups in total. The topological polar surface area (TPSA) is 34.9 Å². The van der Waals surface area contributed by atoms with E-state index < -0.39 is 0 Å². The van der Waals surface area contributed by atoms with Gasteiger partial charge in [-0.05, 0) is 19.3 Å². The van der Waals surface area contributed by atoms with Crippen molar-refractivity contribution < 1.29 is 9.18 Å². The van der Waals surface area contributed by atoms with Crippen molar-refractivity contribution in [3.05, 3.63) is 17.0 Å². The average molecular weight is 240 g/mol. The normalized spacial score (nSPS) is 10.8. The van der Waals surface area contributed by atoms with Gasteiger partial charge in [0.25, 0.3) is 0 Å². The molecule has 1 aromatic rings. The molecule has 0 saturated heterocycles. The van der Waals surface area contributed by atoms with Crippen LogP contribution in [-0.4, -0.2) is 22.2 Å². The summed E-state index contributed by atoms with van der Waals surface area (Å²) < 4.78 is 14.0. The first kappa shape index (κ1) is 13.9. The van der Waals surface area contributed by atoms with Crippen molar-refractivity contribution in [3.8, 4) is 0 Å². The highest BCUT2D eigenvalue weighted by molar-refractivity contribution is 5.98. The SMILES string of the molecule is CCC(=O)c1c(CC)nn(CCCF)c1CC. The number of aryl methyl sites for hydroxylation is 2. The molecule has 0 saturated carbocycles. The van der Waals surface area contributed by atoms with Crippen LogP contribution >= 0.6 is 0 Å². The van der Waals surface area contributed by atoms with Crippen molar-refractivity contribution in [1.82, 2.24) is 9.78 Å². The molecule has 0 aromatic carbocycles. The van der Waals surface area contributed by atoms with E-state index in [4.69, 9.17) is 0 Å². The summed E-state index contributed by atoms with van der Waals surface area (Å²) in [6.45, 7) is 6.08. The van der Waals surface area contributed by atoms with Gasteiger partial charge in [-0.25, -0.2) is 0 Å². The first-order chi connectivity index (χ1) is 8.19. The molecule has 0 amide bonds. The molecular weight excluding hydrogens is 219 g/mol. The fourth-order valence-corrected chi connectivity index (χ4v) is 2.05. The Morgan fingerprint density at radius 3 is 2.47 bits per heavy atom. The molecule has 1 heterocycles. The van der Waals surface area contributed by atoms with Gasteiger partial charge in [-0.2, -0.15) is 5.10 Å².